The van der Waals surface area contributed by atoms with Gasteiger partial charge in [-0.3, -0.25) is 9.82 Å². The maximum Gasteiger partial charge on any atom is 0.301 e. The van der Waals surface area contributed by atoms with E-state index < -0.39 is 10.2 Å². The monoisotopic (exact) mass is 273 g/mol. The molecule has 1 aliphatic carbocycles. The van der Waals surface area contributed by atoms with Gasteiger partial charge in [-0.2, -0.15) is 17.8 Å². The van der Waals surface area contributed by atoms with Crippen LogP contribution in [0.5, 0.6) is 0 Å². The van der Waals surface area contributed by atoms with Gasteiger partial charge in [0, 0.05) is 25.8 Å². The summed E-state index contributed by atoms with van der Waals surface area (Å²) in [5, 5.41) is 9.60. The summed E-state index contributed by atoms with van der Waals surface area (Å²) >= 11 is 0. The standard InChI is InChI=1S/C10H19N5O2S/c1-15(6-2-5-11-9-3-4-9)18(16,17)14-10-7-12-13-8-10/h7-9,11,14H,2-6H2,1H3,(H,12,13). The number of hydrogen-bond donors (Lipinski definition) is 3. The number of H-pyrrole nitrogens is 1. The fraction of sp³-hybridized carbons (Fsp3) is 0.700. The van der Waals surface area contributed by atoms with Crippen LogP contribution in [0.25, 0.3) is 0 Å². The molecule has 1 aromatic rings. The fourth-order valence-electron chi connectivity index (χ4n) is 1.55. The number of nitrogens with zero attached hydrogens (tertiary/aromatic N) is 2. The van der Waals surface area contributed by atoms with Crippen molar-refractivity contribution >= 4 is 15.9 Å². The lowest BCUT2D eigenvalue weighted by Crippen LogP contribution is -2.34. The number of hydrogen-bond acceptors (Lipinski definition) is 4. The number of aromatic amines is 1. The van der Waals surface area contributed by atoms with Crippen molar-refractivity contribution < 1.29 is 8.42 Å². The number of nitrogens with one attached hydrogen (secondary N) is 3. The third-order valence-corrected chi connectivity index (χ3v) is 4.31. The van der Waals surface area contributed by atoms with Crippen LogP contribution in [-0.4, -0.2) is 49.1 Å². The normalized spacial score (nSPS) is 16.1. The van der Waals surface area contributed by atoms with Gasteiger partial charge in [0.15, 0.2) is 0 Å². The SMILES string of the molecule is CN(CCCNC1CC1)S(=O)(=O)Nc1cn[nH]c1. The first-order valence-electron chi connectivity index (χ1n) is 6.04. The molecule has 0 spiro atoms. The van der Waals surface area contributed by atoms with Crippen LogP contribution in [0.15, 0.2) is 12.4 Å². The molecule has 1 aliphatic rings. The first-order chi connectivity index (χ1) is 8.58. The summed E-state index contributed by atoms with van der Waals surface area (Å²) < 4.78 is 27.5. The highest BCUT2D eigenvalue weighted by Crippen LogP contribution is 2.18. The van der Waals surface area contributed by atoms with E-state index in [0.29, 0.717) is 18.3 Å². The van der Waals surface area contributed by atoms with Gasteiger partial charge >= 0.3 is 10.2 Å². The average molecular weight is 273 g/mol. The van der Waals surface area contributed by atoms with E-state index in [0.717, 1.165) is 13.0 Å². The minimum absolute atomic E-state index is 0.443. The molecule has 102 valence electrons. The minimum atomic E-state index is -3.47. The van der Waals surface area contributed by atoms with Gasteiger partial charge in [-0.05, 0) is 25.8 Å². The molecule has 7 nitrogen and oxygen atoms in total. The third kappa shape index (κ3) is 3.97. The highest BCUT2D eigenvalue weighted by atomic mass is 32.2. The highest BCUT2D eigenvalue weighted by molar-refractivity contribution is 7.90. The first-order valence-corrected chi connectivity index (χ1v) is 7.48. The van der Waals surface area contributed by atoms with Crippen molar-refractivity contribution in [2.45, 2.75) is 25.3 Å². The van der Waals surface area contributed by atoms with Gasteiger partial charge in [0.25, 0.3) is 0 Å². The van der Waals surface area contributed by atoms with Gasteiger partial charge in [0.1, 0.15) is 0 Å². The molecular weight excluding hydrogens is 254 g/mol. The van der Waals surface area contributed by atoms with Gasteiger partial charge < -0.3 is 5.32 Å². The number of aromatic nitrogens is 2. The topological polar surface area (TPSA) is 90.1 Å². The fourth-order valence-corrected chi connectivity index (χ4v) is 2.48. The molecule has 8 heteroatoms. The van der Waals surface area contributed by atoms with Crippen molar-refractivity contribution in [1.29, 1.82) is 0 Å². The molecule has 18 heavy (non-hydrogen) atoms. The van der Waals surface area contributed by atoms with Crippen LogP contribution in [0.3, 0.4) is 0 Å². The Morgan fingerprint density at radius 1 is 1.56 bits per heavy atom. The molecule has 0 amide bonds. The Balaban J connectivity index is 1.73. The van der Waals surface area contributed by atoms with E-state index in [2.05, 4.69) is 20.2 Å². The Kier molecular flexibility index (Phi) is 4.20. The summed E-state index contributed by atoms with van der Waals surface area (Å²) in [6.45, 7) is 1.35. The van der Waals surface area contributed by atoms with E-state index in [1.165, 1.54) is 29.5 Å². The van der Waals surface area contributed by atoms with Crippen LogP contribution >= 0.6 is 0 Å². The lowest BCUT2D eigenvalue weighted by Gasteiger charge is -2.17. The molecule has 0 aromatic carbocycles. The average Bonchev–Trinajstić information content (AvgIpc) is 3.01. The van der Waals surface area contributed by atoms with Crippen molar-refractivity contribution in [1.82, 2.24) is 19.8 Å². The van der Waals surface area contributed by atoms with Gasteiger partial charge in [-0.15, -0.1) is 0 Å². The maximum atomic E-state index is 11.9. The Morgan fingerprint density at radius 2 is 2.33 bits per heavy atom. The predicted octanol–water partition coefficient (Wildman–Crippen LogP) is 0.140. The molecule has 3 N–H and O–H groups in total. The van der Waals surface area contributed by atoms with Crippen molar-refractivity contribution in [3.63, 3.8) is 0 Å². The quantitative estimate of drug-likeness (QED) is 0.588. The van der Waals surface area contributed by atoms with Gasteiger partial charge in [0.05, 0.1) is 11.9 Å². The second kappa shape index (κ2) is 5.68. The molecule has 2 rings (SSSR count). The Hall–Kier alpha value is -1.12. The van der Waals surface area contributed by atoms with Crippen LogP contribution < -0.4 is 10.0 Å². The van der Waals surface area contributed by atoms with E-state index in [-0.39, 0.29) is 0 Å². The Bertz CT molecular complexity index is 455. The van der Waals surface area contributed by atoms with Crippen LogP contribution in [0.1, 0.15) is 19.3 Å². The van der Waals surface area contributed by atoms with E-state index in [4.69, 9.17) is 0 Å². The van der Waals surface area contributed by atoms with Crippen LogP contribution in [-0.2, 0) is 10.2 Å². The largest absolute Gasteiger partial charge is 0.314 e. The molecule has 0 radical (unpaired) electrons. The van der Waals surface area contributed by atoms with Crippen LogP contribution in [0.2, 0.25) is 0 Å². The summed E-state index contributed by atoms with van der Waals surface area (Å²) in [4.78, 5) is 0. The Morgan fingerprint density at radius 3 is 2.94 bits per heavy atom. The highest BCUT2D eigenvalue weighted by Gasteiger charge is 2.21. The van der Waals surface area contributed by atoms with Crippen molar-refractivity contribution in [3.05, 3.63) is 12.4 Å². The third-order valence-electron chi connectivity index (χ3n) is 2.82. The summed E-state index contributed by atoms with van der Waals surface area (Å²) in [5.74, 6) is 0. The lowest BCUT2D eigenvalue weighted by atomic mass is 10.4. The van der Waals surface area contributed by atoms with E-state index in [1.54, 1.807) is 7.05 Å². The number of rotatable bonds is 8. The molecule has 0 unspecified atom stereocenters. The van der Waals surface area contributed by atoms with Crippen molar-refractivity contribution in [2.24, 2.45) is 0 Å². The zero-order chi connectivity index (χ0) is 13.0. The van der Waals surface area contributed by atoms with Crippen LogP contribution in [0, 0.1) is 0 Å². The lowest BCUT2D eigenvalue weighted by molar-refractivity contribution is 0.458. The molecule has 1 saturated carbocycles. The molecule has 0 saturated heterocycles. The summed E-state index contributed by atoms with van der Waals surface area (Å²) in [5.41, 5.74) is 0.443. The second-order valence-electron chi connectivity index (χ2n) is 4.50. The molecule has 1 heterocycles. The minimum Gasteiger partial charge on any atom is -0.314 e. The molecule has 1 fully saturated rings. The van der Waals surface area contributed by atoms with Crippen LogP contribution in [0.4, 0.5) is 5.69 Å². The zero-order valence-corrected chi connectivity index (χ0v) is 11.2. The molecule has 0 atom stereocenters. The zero-order valence-electron chi connectivity index (χ0n) is 10.4. The molecular formula is C10H19N5O2S. The number of anilines is 1. The summed E-state index contributed by atoms with van der Waals surface area (Å²) in [6.07, 6.45) is 6.23. The van der Waals surface area contributed by atoms with E-state index in [9.17, 15) is 8.42 Å². The maximum absolute atomic E-state index is 11.9. The van der Waals surface area contributed by atoms with E-state index in [1.807, 2.05) is 0 Å². The van der Waals surface area contributed by atoms with E-state index >= 15 is 0 Å². The Labute approximate surface area is 107 Å². The van der Waals surface area contributed by atoms with Gasteiger partial charge in [-0.1, -0.05) is 0 Å². The molecule has 1 aromatic heterocycles. The van der Waals surface area contributed by atoms with Gasteiger partial charge in [0.2, 0.25) is 0 Å². The summed E-state index contributed by atoms with van der Waals surface area (Å²) in [7, 11) is -1.90. The summed E-state index contributed by atoms with van der Waals surface area (Å²) in [6, 6.07) is 0.663. The van der Waals surface area contributed by atoms with Gasteiger partial charge in [-0.25, -0.2) is 0 Å². The smallest absolute Gasteiger partial charge is 0.301 e. The van der Waals surface area contributed by atoms with Crippen molar-refractivity contribution in [2.75, 3.05) is 24.9 Å². The molecule has 0 bridgehead atoms. The predicted molar refractivity (Wildman–Crippen MR) is 69.4 cm³/mol. The molecule has 0 aliphatic heterocycles. The van der Waals surface area contributed by atoms with Crippen molar-refractivity contribution in [3.8, 4) is 0 Å². The second-order valence-corrected chi connectivity index (χ2v) is 6.28. The first kappa shape index (κ1) is 13.3.